The second-order valence-electron chi connectivity index (χ2n) is 5.79. The molecule has 3 rings (SSSR count). The SMILES string of the molecule is O=C(Oc1ccc([N+](=O)[O-])cc1)OC1CN(C(=O)OCc2ccccc2)C1. The van der Waals surface area contributed by atoms with Gasteiger partial charge in [0.2, 0.25) is 0 Å². The number of nitro groups is 1. The third kappa shape index (κ3) is 4.94. The molecule has 0 bridgehead atoms. The summed E-state index contributed by atoms with van der Waals surface area (Å²) in [5.41, 5.74) is 0.769. The van der Waals surface area contributed by atoms with Gasteiger partial charge in [-0.25, -0.2) is 9.59 Å². The van der Waals surface area contributed by atoms with Crippen LogP contribution in [0, 0.1) is 10.1 Å². The van der Waals surface area contributed by atoms with Gasteiger partial charge in [-0.05, 0) is 17.7 Å². The van der Waals surface area contributed by atoms with E-state index in [2.05, 4.69) is 0 Å². The molecule has 1 aliphatic rings. The summed E-state index contributed by atoms with van der Waals surface area (Å²) in [7, 11) is 0. The number of rotatable bonds is 5. The summed E-state index contributed by atoms with van der Waals surface area (Å²) in [6.45, 7) is 0.593. The molecule has 0 radical (unpaired) electrons. The number of nitrogens with zero attached hydrogens (tertiary/aromatic N) is 2. The summed E-state index contributed by atoms with van der Waals surface area (Å²) < 4.78 is 15.2. The van der Waals surface area contributed by atoms with E-state index in [1.807, 2.05) is 30.3 Å². The van der Waals surface area contributed by atoms with Crippen LogP contribution in [-0.2, 0) is 16.1 Å². The normalized spacial score (nSPS) is 13.4. The Kier molecular flexibility index (Phi) is 5.50. The zero-order valence-corrected chi connectivity index (χ0v) is 14.1. The van der Waals surface area contributed by atoms with Gasteiger partial charge in [-0.3, -0.25) is 10.1 Å². The zero-order chi connectivity index (χ0) is 19.2. The van der Waals surface area contributed by atoms with Crippen LogP contribution in [0.25, 0.3) is 0 Å². The molecule has 1 aliphatic heterocycles. The molecule has 1 amide bonds. The first-order valence-electron chi connectivity index (χ1n) is 8.10. The molecule has 0 spiro atoms. The Labute approximate surface area is 154 Å². The van der Waals surface area contributed by atoms with Crippen LogP contribution in [0.5, 0.6) is 5.75 Å². The molecular formula is C18H16N2O7. The van der Waals surface area contributed by atoms with E-state index in [-0.39, 0.29) is 31.1 Å². The third-order valence-corrected chi connectivity index (χ3v) is 3.82. The monoisotopic (exact) mass is 372 g/mol. The first kappa shape index (κ1) is 18.2. The summed E-state index contributed by atoms with van der Waals surface area (Å²) in [6, 6.07) is 14.3. The number of carbonyl (C=O) groups is 2. The molecule has 9 nitrogen and oxygen atoms in total. The van der Waals surface area contributed by atoms with Gasteiger partial charge in [-0.2, -0.15) is 0 Å². The molecule has 0 unspecified atom stereocenters. The van der Waals surface area contributed by atoms with E-state index >= 15 is 0 Å². The van der Waals surface area contributed by atoms with Gasteiger partial charge < -0.3 is 19.1 Å². The number of non-ortho nitro benzene ring substituents is 1. The molecule has 0 N–H and O–H groups in total. The topological polar surface area (TPSA) is 108 Å². The number of nitro benzene ring substituents is 1. The highest BCUT2D eigenvalue weighted by molar-refractivity contribution is 5.69. The molecule has 0 aliphatic carbocycles. The van der Waals surface area contributed by atoms with E-state index in [0.717, 1.165) is 5.56 Å². The minimum Gasteiger partial charge on any atom is -0.445 e. The Morgan fingerprint density at radius 2 is 1.74 bits per heavy atom. The quantitative estimate of drug-likeness (QED) is 0.343. The lowest BCUT2D eigenvalue weighted by Crippen LogP contribution is -2.55. The lowest BCUT2D eigenvalue weighted by molar-refractivity contribution is -0.384. The van der Waals surface area contributed by atoms with Crippen LogP contribution < -0.4 is 4.74 Å². The van der Waals surface area contributed by atoms with E-state index in [0.29, 0.717) is 0 Å². The molecule has 9 heteroatoms. The first-order chi connectivity index (χ1) is 13.0. The largest absolute Gasteiger partial charge is 0.514 e. The van der Waals surface area contributed by atoms with E-state index in [1.165, 1.54) is 29.2 Å². The Hall–Kier alpha value is -3.62. The van der Waals surface area contributed by atoms with Crippen molar-refractivity contribution in [2.45, 2.75) is 12.7 Å². The smallest absolute Gasteiger partial charge is 0.445 e. The molecule has 27 heavy (non-hydrogen) atoms. The van der Waals surface area contributed by atoms with Crippen molar-refractivity contribution < 1.29 is 28.7 Å². The van der Waals surface area contributed by atoms with Gasteiger partial charge in [-0.1, -0.05) is 30.3 Å². The number of hydrogen-bond acceptors (Lipinski definition) is 7. The highest BCUT2D eigenvalue weighted by atomic mass is 16.7. The average molecular weight is 372 g/mol. The Balaban J connectivity index is 1.37. The molecule has 2 aromatic rings. The maximum Gasteiger partial charge on any atom is 0.514 e. The molecule has 0 saturated carbocycles. The minimum absolute atomic E-state index is 0.112. The van der Waals surface area contributed by atoms with Crippen molar-refractivity contribution in [3.05, 3.63) is 70.3 Å². The predicted octanol–water partition coefficient (Wildman–Crippen LogP) is 3.13. The number of hydrogen-bond donors (Lipinski definition) is 0. The Morgan fingerprint density at radius 3 is 2.37 bits per heavy atom. The fourth-order valence-electron chi connectivity index (χ4n) is 2.36. The highest BCUT2D eigenvalue weighted by Crippen LogP contribution is 2.19. The van der Waals surface area contributed by atoms with Crippen molar-refractivity contribution >= 4 is 17.9 Å². The highest BCUT2D eigenvalue weighted by Gasteiger charge is 2.35. The van der Waals surface area contributed by atoms with Gasteiger partial charge >= 0.3 is 12.2 Å². The number of likely N-dealkylation sites (tertiary alicyclic amines) is 1. The van der Waals surface area contributed by atoms with Crippen LogP contribution >= 0.6 is 0 Å². The van der Waals surface area contributed by atoms with Gasteiger partial charge in [-0.15, -0.1) is 0 Å². The minimum atomic E-state index is -0.939. The van der Waals surface area contributed by atoms with Gasteiger partial charge in [0.05, 0.1) is 18.0 Å². The van der Waals surface area contributed by atoms with E-state index in [1.54, 1.807) is 0 Å². The molecular weight excluding hydrogens is 356 g/mol. The summed E-state index contributed by atoms with van der Waals surface area (Å²) in [4.78, 5) is 35.0. The van der Waals surface area contributed by atoms with Crippen LogP contribution in [0.3, 0.4) is 0 Å². The van der Waals surface area contributed by atoms with Gasteiger partial charge in [0.1, 0.15) is 18.5 Å². The predicted molar refractivity (Wildman–Crippen MR) is 92.2 cm³/mol. The second kappa shape index (κ2) is 8.17. The van der Waals surface area contributed by atoms with Crippen molar-refractivity contribution in [1.82, 2.24) is 4.90 Å². The van der Waals surface area contributed by atoms with Crippen molar-refractivity contribution in [1.29, 1.82) is 0 Å². The first-order valence-corrected chi connectivity index (χ1v) is 8.10. The number of benzene rings is 2. The second-order valence-corrected chi connectivity index (χ2v) is 5.79. The Morgan fingerprint density at radius 1 is 1.07 bits per heavy atom. The van der Waals surface area contributed by atoms with E-state index in [9.17, 15) is 19.7 Å². The molecule has 1 heterocycles. The van der Waals surface area contributed by atoms with Gasteiger partial charge in [0.25, 0.3) is 5.69 Å². The summed E-state index contributed by atoms with van der Waals surface area (Å²) in [5, 5.41) is 10.6. The molecule has 1 saturated heterocycles. The maximum absolute atomic E-state index is 11.9. The van der Waals surface area contributed by atoms with Crippen LogP contribution in [-0.4, -0.2) is 41.3 Å². The van der Waals surface area contributed by atoms with E-state index in [4.69, 9.17) is 14.2 Å². The standard InChI is InChI=1S/C18H16N2O7/c21-17(25-12-13-4-2-1-3-5-13)19-10-16(11-19)27-18(22)26-15-8-6-14(7-9-15)20(23)24/h1-9,16H,10-12H2. The Bertz CT molecular complexity index is 817. The molecule has 1 fully saturated rings. The number of carbonyl (C=O) groups excluding carboxylic acids is 2. The van der Waals surface area contributed by atoms with Crippen LogP contribution in [0.4, 0.5) is 15.3 Å². The van der Waals surface area contributed by atoms with Crippen molar-refractivity contribution in [2.24, 2.45) is 0 Å². The van der Waals surface area contributed by atoms with Crippen LogP contribution in [0.15, 0.2) is 54.6 Å². The third-order valence-electron chi connectivity index (χ3n) is 3.82. The van der Waals surface area contributed by atoms with Gasteiger partial charge in [0, 0.05) is 12.1 Å². The van der Waals surface area contributed by atoms with Crippen LogP contribution in [0.1, 0.15) is 5.56 Å². The van der Waals surface area contributed by atoms with Gasteiger partial charge in [0.15, 0.2) is 0 Å². The van der Waals surface area contributed by atoms with E-state index < -0.39 is 23.3 Å². The number of ether oxygens (including phenoxy) is 3. The number of amides is 1. The lowest BCUT2D eigenvalue weighted by Gasteiger charge is -2.36. The maximum atomic E-state index is 11.9. The van der Waals surface area contributed by atoms with Crippen molar-refractivity contribution in [3.63, 3.8) is 0 Å². The zero-order valence-electron chi connectivity index (χ0n) is 14.1. The average Bonchev–Trinajstić information content (AvgIpc) is 2.63. The van der Waals surface area contributed by atoms with Crippen molar-refractivity contribution in [2.75, 3.05) is 13.1 Å². The molecule has 0 aromatic heterocycles. The summed E-state index contributed by atoms with van der Waals surface area (Å²) in [5.74, 6) is 0.129. The molecule has 140 valence electrons. The summed E-state index contributed by atoms with van der Waals surface area (Å²) >= 11 is 0. The van der Waals surface area contributed by atoms with Crippen LogP contribution in [0.2, 0.25) is 0 Å². The molecule has 2 aromatic carbocycles. The fourth-order valence-corrected chi connectivity index (χ4v) is 2.36. The molecule has 0 atom stereocenters. The fraction of sp³-hybridized carbons (Fsp3) is 0.222. The van der Waals surface area contributed by atoms with Crippen molar-refractivity contribution in [3.8, 4) is 5.75 Å². The lowest BCUT2D eigenvalue weighted by atomic mass is 10.2. The summed E-state index contributed by atoms with van der Waals surface area (Å²) in [6.07, 6.45) is -1.91.